The molecule has 0 saturated heterocycles. The SMILES string of the molecule is CS(=O)(=O)O.CS(=O)(=O)O.NN=Cc1ccc2cc(OC(=O)c3ccc(N=CNN)cc3)ccc2c1. The Morgan fingerprint density at radius 3 is 1.97 bits per heavy atom. The van der Waals surface area contributed by atoms with Gasteiger partial charge in [0, 0.05) is 0 Å². The second kappa shape index (κ2) is 13.9. The highest BCUT2D eigenvalue weighted by Crippen LogP contribution is 2.23. The van der Waals surface area contributed by atoms with Gasteiger partial charge in [-0.2, -0.15) is 21.9 Å². The summed E-state index contributed by atoms with van der Waals surface area (Å²) in [6, 6.07) is 17.9. The van der Waals surface area contributed by atoms with Crippen LogP contribution in [0, 0.1) is 0 Å². The van der Waals surface area contributed by atoms with Gasteiger partial charge in [-0.05, 0) is 58.8 Å². The quantitative estimate of drug-likeness (QED) is 0.0593. The third kappa shape index (κ3) is 13.7. The molecule has 0 aliphatic carbocycles. The summed E-state index contributed by atoms with van der Waals surface area (Å²) in [6.45, 7) is 0. The Morgan fingerprint density at radius 2 is 1.44 bits per heavy atom. The molecule has 36 heavy (non-hydrogen) atoms. The summed E-state index contributed by atoms with van der Waals surface area (Å²) in [5, 5.41) is 5.46. The molecule has 0 unspecified atom stereocenters. The second-order valence-electron chi connectivity index (χ2n) is 6.87. The summed E-state index contributed by atoms with van der Waals surface area (Å²) in [5.74, 6) is 10.3. The highest BCUT2D eigenvalue weighted by atomic mass is 32.2. The standard InChI is InChI=1S/C19H17N5O2.2CH4O3S/c20-23-11-13-1-2-16-10-18(8-5-15(16)9-13)26-19(25)14-3-6-17(7-4-14)22-12-24-21;2*1-5(2,3)4/h1-12H,20-21H2,(H,22,24);2*1H3,(H,2,3,4). The van der Waals surface area contributed by atoms with Crippen LogP contribution in [0.2, 0.25) is 0 Å². The molecule has 0 fully saturated rings. The van der Waals surface area contributed by atoms with Crippen molar-refractivity contribution in [2.24, 2.45) is 21.8 Å². The molecule has 13 nitrogen and oxygen atoms in total. The lowest BCUT2D eigenvalue weighted by Gasteiger charge is -2.06. The van der Waals surface area contributed by atoms with E-state index in [0.29, 0.717) is 29.5 Å². The van der Waals surface area contributed by atoms with Gasteiger partial charge in [-0.1, -0.05) is 18.2 Å². The van der Waals surface area contributed by atoms with Crippen molar-refractivity contribution in [2.45, 2.75) is 0 Å². The molecule has 194 valence electrons. The number of carbonyl (C=O) groups is 1. The number of nitrogens with two attached hydrogens (primary N) is 2. The van der Waals surface area contributed by atoms with E-state index >= 15 is 0 Å². The summed E-state index contributed by atoms with van der Waals surface area (Å²) >= 11 is 0. The van der Waals surface area contributed by atoms with Gasteiger partial charge in [0.2, 0.25) is 0 Å². The minimum absolute atomic E-state index is 0.430. The number of benzene rings is 3. The summed E-state index contributed by atoms with van der Waals surface area (Å²) < 4.78 is 57.2. The summed E-state index contributed by atoms with van der Waals surface area (Å²) in [5.41, 5.74) is 4.31. The largest absolute Gasteiger partial charge is 0.423 e. The highest BCUT2D eigenvalue weighted by Gasteiger charge is 2.09. The van der Waals surface area contributed by atoms with Gasteiger partial charge in [-0.3, -0.25) is 9.11 Å². The third-order valence-corrected chi connectivity index (χ3v) is 3.66. The number of esters is 1. The predicted octanol–water partition coefficient (Wildman–Crippen LogP) is 1.48. The van der Waals surface area contributed by atoms with Crippen LogP contribution in [0.5, 0.6) is 5.75 Å². The number of ether oxygens (including phenoxy) is 1. The fourth-order valence-electron chi connectivity index (χ4n) is 2.43. The molecule has 3 aromatic carbocycles. The zero-order valence-corrected chi connectivity index (χ0v) is 20.8. The molecule has 3 aromatic rings. The Hall–Kier alpha value is -3.89. The first kappa shape index (κ1) is 30.1. The first-order valence-corrected chi connectivity index (χ1v) is 13.3. The molecule has 0 radical (unpaired) electrons. The van der Waals surface area contributed by atoms with Crippen molar-refractivity contribution in [3.8, 4) is 5.75 Å². The van der Waals surface area contributed by atoms with Crippen LogP contribution in [-0.4, -0.2) is 57.0 Å². The van der Waals surface area contributed by atoms with E-state index in [1.807, 2.05) is 30.3 Å². The first-order chi connectivity index (χ1) is 16.7. The molecule has 0 bridgehead atoms. The van der Waals surface area contributed by atoms with Crippen molar-refractivity contribution in [3.63, 3.8) is 0 Å². The van der Waals surface area contributed by atoms with Gasteiger partial charge in [-0.25, -0.2) is 15.6 Å². The van der Waals surface area contributed by atoms with E-state index in [1.54, 1.807) is 36.5 Å². The van der Waals surface area contributed by atoms with Crippen LogP contribution in [0.1, 0.15) is 15.9 Å². The normalized spacial score (nSPS) is 11.4. The van der Waals surface area contributed by atoms with Crippen LogP contribution < -0.4 is 21.8 Å². The maximum Gasteiger partial charge on any atom is 0.343 e. The van der Waals surface area contributed by atoms with Crippen molar-refractivity contribution < 1.29 is 35.5 Å². The molecule has 0 amide bonds. The minimum Gasteiger partial charge on any atom is -0.423 e. The van der Waals surface area contributed by atoms with Crippen molar-refractivity contribution in [3.05, 3.63) is 71.8 Å². The number of hydrazine groups is 1. The molecule has 7 N–H and O–H groups in total. The topological polar surface area (TPSA) is 224 Å². The Kier molecular flexibility index (Phi) is 11.6. The van der Waals surface area contributed by atoms with E-state index in [4.69, 9.17) is 25.5 Å². The van der Waals surface area contributed by atoms with Gasteiger partial charge in [0.1, 0.15) is 12.1 Å². The van der Waals surface area contributed by atoms with Crippen molar-refractivity contribution in [2.75, 3.05) is 12.5 Å². The second-order valence-corrected chi connectivity index (χ2v) is 9.81. The van der Waals surface area contributed by atoms with Crippen LogP contribution in [0.4, 0.5) is 5.69 Å². The number of hydrogen-bond acceptors (Lipinski definition) is 10. The van der Waals surface area contributed by atoms with Gasteiger partial charge < -0.3 is 16.0 Å². The van der Waals surface area contributed by atoms with Crippen molar-refractivity contribution in [1.82, 2.24) is 5.43 Å². The monoisotopic (exact) mass is 539 g/mol. The Morgan fingerprint density at radius 1 is 0.917 bits per heavy atom. The molecule has 15 heteroatoms. The van der Waals surface area contributed by atoms with E-state index in [2.05, 4.69) is 15.5 Å². The van der Waals surface area contributed by atoms with Crippen LogP contribution in [0.25, 0.3) is 10.8 Å². The molecular weight excluding hydrogens is 514 g/mol. The molecule has 0 saturated carbocycles. The summed E-state index contributed by atoms with van der Waals surface area (Å²) in [7, 11) is -7.33. The fourth-order valence-corrected chi connectivity index (χ4v) is 2.43. The summed E-state index contributed by atoms with van der Waals surface area (Å²) in [4.78, 5) is 16.3. The molecule has 3 rings (SSSR count). The number of fused-ring (bicyclic) bond motifs is 1. The zero-order chi connectivity index (χ0) is 27.4. The van der Waals surface area contributed by atoms with E-state index in [1.165, 1.54) is 6.34 Å². The zero-order valence-electron chi connectivity index (χ0n) is 19.1. The van der Waals surface area contributed by atoms with Gasteiger partial charge in [-0.15, -0.1) is 0 Å². The Bertz CT molecular complexity index is 1390. The average Bonchev–Trinajstić information content (AvgIpc) is 2.76. The molecule has 0 aliphatic rings. The van der Waals surface area contributed by atoms with Crippen molar-refractivity contribution in [1.29, 1.82) is 0 Å². The van der Waals surface area contributed by atoms with E-state index in [-0.39, 0.29) is 0 Å². The average molecular weight is 540 g/mol. The van der Waals surface area contributed by atoms with Crippen LogP contribution in [-0.2, 0) is 20.2 Å². The smallest absolute Gasteiger partial charge is 0.343 e. The van der Waals surface area contributed by atoms with Gasteiger partial charge in [0.25, 0.3) is 20.2 Å². The van der Waals surface area contributed by atoms with E-state index in [9.17, 15) is 21.6 Å². The lowest BCUT2D eigenvalue weighted by molar-refractivity contribution is 0.0735. The number of aliphatic imine (C=N–C) groups is 1. The Balaban J connectivity index is 0.000000550. The highest BCUT2D eigenvalue weighted by molar-refractivity contribution is 7.85. The van der Waals surface area contributed by atoms with Gasteiger partial charge in [0.15, 0.2) is 0 Å². The first-order valence-electron chi connectivity index (χ1n) is 9.62. The number of hydrogen-bond donors (Lipinski definition) is 5. The maximum atomic E-state index is 12.3. The van der Waals surface area contributed by atoms with E-state index < -0.39 is 26.2 Å². The molecule has 0 aliphatic heterocycles. The molecule has 0 atom stereocenters. The van der Waals surface area contributed by atoms with Crippen LogP contribution >= 0.6 is 0 Å². The summed E-state index contributed by atoms with van der Waals surface area (Å²) in [6.07, 6.45) is 4.36. The van der Waals surface area contributed by atoms with E-state index in [0.717, 1.165) is 16.3 Å². The maximum absolute atomic E-state index is 12.3. The number of carbonyl (C=O) groups excluding carboxylic acids is 1. The molecular formula is C21H25N5O8S2. The third-order valence-electron chi connectivity index (χ3n) is 3.66. The number of hydrazone groups is 1. The van der Waals surface area contributed by atoms with Gasteiger partial charge >= 0.3 is 5.97 Å². The molecule has 0 spiro atoms. The lowest BCUT2D eigenvalue weighted by atomic mass is 10.1. The number of rotatable bonds is 5. The Labute approximate surface area is 207 Å². The minimum atomic E-state index is -3.67. The molecule has 0 aromatic heterocycles. The predicted molar refractivity (Wildman–Crippen MR) is 138 cm³/mol. The lowest BCUT2D eigenvalue weighted by Crippen LogP contribution is -2.18. The van der Waals surface area contributed by atoms with Gasteiger partial charge in [0.05, 0.1) is 30.0 Å². The number of nitrogens with one attached hydrogen (secondary N) is 1. The van der Waals surface area contributed by atoms with Crippen LogP contribution in [0.15, 0.2) is 70.8 Å². The van der Waals surface area contributed by atoms with Crippen molar-refractivity contribution >= 4 is 55.2 Å². The fraction of sp³-hybridized carbons (Fsp3) is 0.0952. The number of nitrogens with zero attached hydrogens (tertiary/aromatic N) is 2. The van der Waals surface area contributed by atoms with Crippen LogP contribution in [0.3, 0.4) is 0 Å². The molecule has 0 heterocycles.